The molecule has 152 valence electrons. The average Bonchev–Trinajstić information content (AvgIpc) is 2.68. The van der Waals surface area contributed by atoms with Gasteiger partial charge in [-0.05, 0) is 37.5 Å². The minimum absolute atomic E-state index is 0.104. The molecule has 0 aliphatic carbocycles. The SMILES string of the molecule is C=C=CC(CC)COCC(COCC(C=C=C)CC)OCC(C=C=C)CC. The van der Waals surface area contributed by atoms with Gasteiger partial charge in [-0.3, -0.25) is 0 Å². The quantitative estimate of drug-likeness (QED) is 0.314. The van der Waals surface area contributed by atoms with E-state index in [4.69, 9.17) is 14.2 Å². The van der Waals surface area contributed by atoms with Gasteiger partial charge in [-0.25, -0.2) is 0 Å². The van der Waals surface area contributed by atoms with Crippen LogP contribution in [-0.2, 0) is 14.2 Å². The van der Waals surface area contributed by atoms with Crippen molar-refractivity contribution in [1.29, 1.82) is 0 Å². The van der Waals surface area contributed by atoms with Crippen LogP contribution in [0.25, 0.3) is 0 Å². The van der Waals surface area contributed by atoms with Crippen molar-refractivity contribution in [3.63, 3.8) is 0 Å². The van der Waals surface area contributed by atoms with E-state index in [2.05, 4.69) is 57.7 Å². The molecule has 3 heteroatoms. The van der Waals surface area contributed by atoms with Crippen molar-refractivity contribution in [2.45, 2.75) is 46.1 Å². The Bertz CT molecular complexity index is 474. The van der Waals surface area contributed by atoms with Gasteiger partial charge in [0, 0.05) is 17.8 Å². The van der Waals surface area contributed by atoms with Gasteiger partial charge in [-0.2, -0.15) is 0 Å². The lowest BCUT2D eigenvalue weighted by Gasteiger charge is -2.22. The molecule has 0 bridgehead atoms. The molecule has 0 radical (unpaired) electrons. The van der Waals surface area contributed by atoms with Crippen LogP contribution in [-0.4, -0.2) is 39.1 Å². The smallest absolute Gasteiger partial charge is 0.104 e. The van der Waals surface area contributed by atoms with Gasteiger partial charge in [0.1, 0.15) is 6.10 Å². The van der Waals surface area contributed by atoms with Crippen molar-refractivity contribution in [3.8, 4) is 0 Å². The standard InChI is InChI=1S/C24H38O3/c1-7-13-21(10-4)16-25-19-24(27-18-23(12-6)15-9-3)20-26-17-22(11-5)14-8-2/h13-15,21-24H,1-3,10-12,16-20H2,4-6H3. The number of ether oxygens (including phenoxy) is 3. The molecule has 0 aliphatic heterocycles. The topological polar surface area (TPSA) is 27.7 Å². The van der Waals surface area contributed by atoms with E-state index in [0.29, 0.717) is 50.8 Å². The molecule has 3 atom stereocenters. The Morgan fingerprint density at radius 2 is 1.00 bits per heavy atom. The van der Waals surface area contributed by atoms with Gasteiger partial charge in [-0.15, -0.1) is 17.2 Å². The van der Waals surface area contributed by atoms with Gasteiger partial charge in [0.2, 0.25) is 0 Å². The molecule has 3 unspecified atom stereocenters. The lowest BCUT2D eigenvalue weighted by Crippen LogP contribution is -2.29. The van der Waals surface area contributed by atoms with Crippen LogP contribution < -0.4 is 0 Å². The van der Waals surface area contributed by atoms with E-state index < -0.39 is 0 Å². The normalized spacial score (nSPS) is 14.8. The summed E-state index contributed by atoms with van der Waals surface area (Å²) < 4.78 is 17.8. The second-order valence-electron chi connectivity index (χ2n) is 6.65. The molecule has 0 rings (SSSR count). The Kier molecular flexibility index (Phi) is 16.8. The summed E-state index contributed by atoms with van der Waals surface area (Å²) in [7, 11) is 0. The molecule has 0 saturated heterocycles. The van der Waals surface area contributed by atoms with Crippen LogP contribution in [0, 0.1) is 17.8 Å². The first-order chi connectivity index (χ1) is 13.1. The summed E-state index contributed by atoms with van der Waals surface area (Å²) in [6, 6.07) is 0. The molecule has 3 nitrogen and oxygen atoms in total. The molecule has 0 aromatic carbocycles. The van der Waals surface area contributed by atoms with E-state index in [9.17, 15) is 0 Å². The summed E-state index contributed by atoms with van der Waals surface area (Å²) in [4.78, 5) is 0. The molecular weight excluding hydrogens is 336 g/mol. The Labute approximate surface area is 166 Å². The van der Waals surface area contributed by atoms with Crippen LogP contribution in [0.4, 0.5) is 0 Å². The first-order valence-corrected chi connectivity index (χ1v) is 9.99. The van der Waals surface area contributed by atoms with E-state index in [1.54, 1.807) is 0 Å². The van der Waals surface area contributed by atoms with E-state index in [0.717, 1.165) is 19.3 Å². The first kappa shape index (κ1) is 25.4. The zero-order valence-electron chi connectivity index (χ0n) is 17.5. The highest BCUT2D eigenvalue weighted by Crippen LogP contribution is 2.10. The molecular formula is C24H38O3. The van der Waals surface area contributed by atoms with Crippen molar-refractivity contribution in [1.82, 2.24) is 0 Å². The van der Waals surface area contributed by atoms with Crippen LogP contribution in [0.2, 0.25) is 0 Å². The van der Waals surface area contributed by atoms with E-state index in [-0.39, 0.29) is 6.10 Å². The van der Waals surface area contributed by atoms with Crippen LogP contribution in [0.5, 0.6) is 0 Å². The predicted molar refractivity (Wildman–Crippen MR) is 114 cm³/mol. The summed E-state index contributed by atoms with van der Waals surface area (Å²) in [5.41, 5.74) is 8.53. The number of rotatable bonds is 17. The third-order valence-corrected chi connectivity index (χ3v) is 4.45. The molecule has 0 heterocycles. The lowest BCUT2D eigenvalue weighted by molar-refractivity contribution is -0.0715. The fourth-order valence-corrected chi connectivity index (χ4v) is 2.46. The minimum atomic E-state index is -0.104. The van der Waals surface area contributed by atoms with E-state index >= 15 is 0 Å². The van der Waals surface area contributed by atoms with E-state index in [1.807, 2.05) is 18.2 Å². The zero-order chi connectivity index (χ0) is 20.3. The van der Waals surface area contributed by atoms with Gasteiger partial charge in [-0.1, -0.05) is 40.5 Å². The lowest BCUT2D eigenvalue weighted by atomic mass is 10.1. The van der Waals surface area contributed by atoms with Crippen molar-refractivity contribution < 1.29 is 14.2 Å². The van der Waals surface area contributed by atoms with Gasteiger partial charge < -0.3 is 14.2 Å². The predicted octanol–water partition coefficient (Wildman–Crippen LogP) is 5.51. The monoisotopic (exact) mass is 374 g/mol. The van der Waals surface area contributed by atoms with Crippen molar-refractivity contribution in [2.24, 2.45) is 17.8 Å². The largest absolute Gasteiger partial charge is 0.378 e. The summed E-state index contributed by atoms with van der Waals surface area (Å²) >= 11 is 0. The second-order valence-corrected chi connectivity index (χ2v) is 6.65. The molecule has 0 fully saturated rings. The maximum absolute atomic E-state index is 6.07. The van der Waals surface area contributed by atoms with Gasteiger partial charge in [0.05, 0.1) is 33.0 Å². The zero-order valence-corrected chi connectivity index (χ0v) is 17.5. The van der Waals surface area contributed by atoms with Crippen LogP contribution in [0.3, 0.4) is 0 Å². The molecule has 0 aromatic rings. The molecule has 0 aliphatic rings. The van der Waals surface area contributed by atoms with Crippen LogP contribution in [0.1, 0.15) is 40.0 Å². The van der Waals surface area contributed by atoms with E-state index in [1.165, 1.54) is 0 Å². The Hall–Kier alpha value is -1.56. The molecule has 0 amide bonds. The van der Waals surface area contributed by atoms with Crippen LogP contribution >= 0.6 is 0 Å². The summed E-state index contributed by atoms with van der Waals surface area (Å²) in [6.07, 6.45) is 8.76. The highest BCUT2D eigenvalue weighted by Gasteiger charge is 2.14. The third kappa shape index (κ3) is 13.3. The highest BCUT2D eigenvalue weighted by molar-refractivity contribution is 4.85. The summed E-state index contributed by atoms with van der Waals surface area (Å²) in [5, 5.41) is 0. The number of hydrogen-bond acceptors (Lipinski definition) is 3. The van der Waals surface area contributed by atoms with Crippen molar-refractivity contribution in [3.05, 3.63) is 55.2 Å². The Balaban J connectivity index is 4.60. The maximum Gasteiger partial charge on any atom is 0.104 e. The van der Waals surface area contributed by atoms with Crippen molar-refractivity contribution >= 4 is 0 Å². The maximum atomic E-state index is 6.07. The van der Waals surface area contributed by atoms with Gasteiger partial charge in [0.25, 0.3) is 0 Å². The molecule has 0 spiro atoms. The minimum Gasteiger partial charge on any atom is -0.378 e. The second kappa shape index (κ2) is 17.8. The van der Waals surface area contributed by atoms with Gasteiger partial charge in [0.15, 0.2) is 0 Å². The highest BCUT2D eigenvalue weighted by atomic mass is 16.6. The molecule has 27 heavy (non-hydrogen) atoms. The fraction of sp³-hybridized carbons (Fsp3) is 0.625. The average molecular weight is 375 g/mol. The van der Waals surface area contributed by atoms with Gasteiger partial charge >= 0.3 is 0 Å². The Morgan fingerprint density at radius 1 is 0.630 bits per heavy atom. The molecule has 0 aromatic heterocycles. The summed E-state index contributed by atoms with van der Waals surface area (Å²) in [5.74, 6) is 0.973. The fourth-order valence-electron chi connectivity index (χ4n) is 2.46. The number of hydrogen-bond donors (Lipinski definition) is 0. The Morgan fingerprint density at radius 3 is 1.33 bits per heavy atom. The first-order valence-electron chi connectivity index (χ1n) is 9.99. The summed E-state index contributed by atoms with van der Waals surface area (Å²) in [6.45, 7) is 20.2. The van der Waals surface area contributed by atoms with Crippen molar-refractivity contribution in [2.75, 3.05) is 33.0 Å². The van der Waals surface area contributed by atoms with Crippen LogP contribution in [0.15, 0.2) is 55.2 Å². The molecule has 0 saturated carbocycles. The third-order valence-electron chi connectivity index (χ3n) is 4.45. The molecule has 0 N–H and O–H groups in total.